The van der Waals surface area contributed by atoms with Crippen LogP contribution in [0.15, 0.2) is 48.5 Å². The zero-order valence-corrected chi connectivity index (χ0v) is 16.6. The molecule has 0 aliphatic heterocycles. The van der Waals surface area contributed by atoms with E-state index in [1.54, 1.807) is 42.5 Å². The number of para-hydroxylation sites is 1. The van der Waals surface area contributed by atoms with Crippen molar-refractivity contribution in [2.24, 2.45) is 0 Å². The third kappa shape index (κ3) is 6.07. The first-order valence-electron chi connectivity index (χ1n) is 8.32. The van der Waals surface area contributed by atoms with Crippen LogP contribution in [0.25, 0.3) is 0 Å². The summed E-state index contributed by atoms with van der Waals surface area (Å²) in [6, 6.07) is 12.3. The van der Waals surface area contributed by atoms with Crippen molar-refractivity contribution in [3.05, 3.63) is 59.7 Å². The molecule has 28 heavy (non-hydrogen) atoms. The highest BCUT2D eigenvalue weighted by atomic mass is 32.2. The monoisotopic (exact) mass is 406 g/mol. The number of methoxy groups -OCH3 is 2. The first-order chi connectivity index (χ1) is 13.2. The summed E-state index contributed by atoms with van der Waals surface area (Å²) in [6.07, 6.45) is 0.850. The lowest BCUT2D eigenvalue weighted by molar-refractivity contribution is -0.116. The van der Waals surface area contributed by atoms with Crippen molar-refractivity contribution in [1.82, 2.24) is 4.72 Å². The molecule has 0 heterocycles. The fourth-order valence-corrected chi connectivity index (χ4v) is 3.33. The molecule has 1 unspecified atom stereocenters. The minimum Gasteiger partial charge on any atom is -0.497 e. The minimum atomic E-state index is -3.57. The van der Waals surface area contributed by atoms with Crippen LogP contribution in [0.1, 0.15) is 28.4 Å². The Balaban J connectivity index is 2.22. The Morgan fingerprint density at radius 3 is 2.25 bits per heavy atom. The highest BCUT2D eigenvalue weighted by molar-refractivity contribution is 7.88. The number of amides is 1. The molecule has 0 aromatic heterocycles. The summed E-state index contributed by atoms with van der Waals surface area (Å²) in [6.45, 7) is 0. The number of nitrogens with one attached hydrogen (secondary N) is 2. The molecule has 2 rings (SSSR count). The van der Waals surface area contributed by atoms with Gasteiger partial charge in [-0.15, -0.1) is 0 Å². The summed E-state index contributed by atoms with van der Waals surface area (Å²) in [5.41, 5.74) is 1.09. The van der Waals surface area contributed by atoms with Gasteiger partial charge in [0, 0.05) is 6.42 Å². The topological polar surface area (TPSA) is 111 Å². The van der Waals surface area contributed by atoms with Crippen molar-refractivity contribution in [3.63, 3.8) is 0 Å². The summed E-state index contributed by atoms with van der Waals surface area (Å²) >= 11 is 0. The molecule has 8 nitrogen and oxygen atoms in total. The van der Waals surface area contributed by atoms with E-state index < -0.39 is 27.9 Å². The summed E-state index contributed by atoms with van der Waals surface area (Å²) in [4.78, 5) is 24.4. The van der Waals surface area contributed by atoms with Crippen LogP contribution in [-0.4, -0.2) is 40.8 Å². The van der Waals surface area contributed by atoms with E-state index in [0.717, 1.165) is 6.26 Å². The number of ether oxygens (including phenoxy) is 2. The van der Waals surface area contributed by atoms with Gasteiger partial charge in [-0.05, 0) is 29.8 Å². The zero-order chi connectivity index (χ0) is 20.7. The van der Waals surface area contributed by atoms with Crippen molar-refractivity contribution in [2.45, 2.75) is 12.5 Å². The molecule has 0 saturated heterocycles. The van der Waals surface area contributed by atoms with Gasteiger partial charge in [0.25, 0.3) is 0 Å². The number of rotatable bonds is 8. The van der Waals surface area contributed by atoms with Gasteiger partial charge < -0.3 is 14.8 Å². The normalized spacial score (nSPS) is 12.1. The Labute approximate surface area is 163 Å². The van der Waals surface area contributed by atoms with Crippen LogP contribution in [0.2, 0.25) is 0 Å². The number of hydrogen-bond acceptors (Lipinski definition) is 6. The molecule has 0 aliphatic carbocycles. The summed E-state index contributed by atoms with van der Waals surface area (Å²) in [5, 5.41) is 2.64. The Kier molecular flexibility index (Phi) is 7.13. The molecule has 0 aliphatic rings. The Bertz CT molecular complexity index is 941. The fraction of sp³-hybridized carbons (Fsp3) is 0.263. The first kappa shape index (κ1) is 21.4. The molecule has 0 bridgehead atoms. The van der Waals surface area contributed by atoms with Crippen LogP contribution in [-0.2, 0) is 19.6 Å². The van der Waals surface area contributed by atoms with Crippen LogP contribution in [0, 0.1) is 0 Å². The van der Waals surface area contributed by atoms with Gasteiger partial charge in [0.2, 0.25) is 15.9 Å². The molecule has 2 N–H and O–H groups in total. The van der Waals surface area contributed by atoms with Gasteiger partial charge in [-0.2, -0.15) is 0 Å². The van der Waals surface area contributed by atoms with E-state index in [1.807, 2.05) is 0 Å². The lowest BCUT2D eigenvalue weighted by atomic mass is 10.0. The number of carbonyl (C=O) groups is 2. The average Bonchev–Trinajstić information content (AvgIpc) is 2.66. The van der Waals surface area contributed by atoms with Crippen molar-refractivity contribution in [2.75, 3.05) is 25.8 Å². The second-order valence-electron chi connectivity index (χ2n) is 6.01. The minimum absolute atomic E-state index is 0.172. The standard InChI is InChI=1S/C19H22N2O6S/c1-26-14-10-8-13(9-11-14)17(21-28(3,24)25)12-18(22)20-16-7-5-4-6-15(16)19(23)27-2/h4-11,17,21H,12H2,1-3H3,(H,20,22). The van der Waals surface area contributed by atoms with Crippen molar-refractivity contribution in [1.29, 1.82) is 0 Å². The molecule has 0 radical (unpaired) electrons. The number of hydrogen-bond donors (Lipinski definition) is 2. The van der Waals surface area contributed by atoms with Crippen LogP contribution in [0.5, 0.6) is 5.75 Å². The molecule has 1 amide bonds. The Morgan fingerprint density at radius 1 is 1.04 bits per heavy atom. The number of sulfonamides is 1. The largest absolute Gasteiger partial charge is 0.497 e. The molecule has 9 heteroatoms. The van der Waals surface area contributed by atoms with E-state index in [-0.39, 0.29) is 17.7 Å². The predicted octanol–water partition coefficient (Wildman–Crippen LogP) is 2.10. The zero-order valence-electron chi connectivity index (χ0n) is 15.8. The van der Waals surface area contributed by atoms with Crippen LogP contribution in [0.4, 0.5) is 5.69 Å². The highest BCUT2D eigenvalue weighted by Gasteiger charge is 2.21. The summed E-state index contributed by atoms with van der Waals surface area (Å²) in [7, 11) is -0.799. The van der Waals surface area contributed by atoms with Crippen molar-refractivity contribution >= 4 is 27.6 Å². The second kappa shape index (κ2) is 9.34. The van der Waals surface area contributed by atoms with Gasteiger partial charge in [0.1, 0.15) is 5.75 Å². The SMILES string of the molecule is COC(=O)c1ccccc1NC(=O)CC(NS(C)(=O)=O)c1ccc(OC)cc1. The van der Waals surface area contributed by atoms with Crippen molar-refractivity contribution in [3.8, 4) is 5.75 Å². The van der Waals surface area contributed by atoms with Gasteiger partial charge in [0.05, 0.1) is 37.8 Å². The summed E-state index contributed by atoms with van der Waals surface area (Å²) in [5.74, 6) is -0.441. The van der Waals surface area contributed by atoms with E-state index >= 15 is 0 Å². The lowest BCUT2D eigenvalue weighted by Crippen LogP contribution is -2.31. The van der Waals surface area contributed by atoms with E-state index in [9.17, 15) is 18.0 Å². The average molecular weight is 406 g/mol. The van der Waals surface area contributed by atoms with Crippen LogP contribution >= 0.6 is 0 Å². The lowest BCUT2D eigenvalue weighted by Gasteiger charge is -2.18. The van der Waals surface area contributed by atoms with Crippen molar-refractivity contribution < 1.29 is 27.5 Å². The van der Waals surface area contributed by atoms with Gasteiger partial charge in [-0.25, -0.2) is 17.9 Å². The fourth-order valence-electron chi connectivity index (χ4n) is 2.59. The van der Waals surface area contributed by atoms with Gasteiger partial charge in [0.15, 0.2) is 0 Å². The molecule has 1 atom stereocenters. The smallest absolute Gasteiger partial charge is 0.339 e. The molecule has 0 saturated carbocycles. The second-order valence-corrected chi connectivity index (χ2v) is 7.79. The highest BCUT2D eigenvalue weighted by Crippen LogP contribution is 2.23. The maximum absolute atomic E-state index is 12.5. The third-order valence-corrected chi connectivity index (χ3v) is 4.58. The number of carbonyl (C=O) groups excluding carboxylic acids is 2. The van der Waals surface area contributed by atoms with Gasteiger partial charge in [-0.3, -0.25) is 4.79 Å². The van der Waals surface area contributed by atoms with Crippen LogP contribution < -0.4 is 14.8 Å². The van der Waals surface area contributed by atoms with Gasteiger partial charge in [-0.1, -0.05) is 24.3 Å². The molecule has 150 valence electrons. The molecule has 2 aromatic rings. The van der Waals surface area contributed by atoms with E-state index in [2.05, 4.69) is 10.0 Å². The maximum Gasteiger partial charge on any atom is 0.339 e. The predicted molar refractivity (Wildman–Crippen MR) is 105 cm³/mol. The molecular weight excluding hydrogens is 384 g/mol. The van der Waals surface area contributed by atoms with Crippen LogP contribution in [0.3, 0.4) is 0 Å². The van der Waals surface area contributed by atoms with E-state index in [0.29, 0.717) is 11.3 Å². The Morgan fingerprint density at radius 2 is 1.68 bits per heavy atom. The number of anilines is 1. The molecule has 0 spiro atoms. The van der Waals surface area contributed by atoms with E-state index in [1.165, 1.54) is 20.3 Å². The quantitative estimate of drug-likeness (QED) is 0.650. The van der Waals surface area contributed by atoms with E-state index in [4.69, 9.17) is 9.47 Å². The van der Waals surface area contributed by atoms with Gasteiger partial charge >= 0.3 is 5.97 Å². The summed E-state index contributed by atoms with van der Waals surface area (Å²) < 4.78 is 35.7. The molecular formula is C19H22N2O6S. The Hall–Kier alpha value is -2.91. The number of esters is 1. The maximum atomic E-state index is 12.5. The molecule has 0 fully saturated rings. The molecule has 2 aromatic carbocycles. The third-order valence-electron chi connectivity index (χ3n) is 3.87. The number of benzene rings is 2. The first-order valence-corrected chi connectivity index (χ1v) is 10.2.